The van der Waals surface area contributed by atoms with E-state index in [0.717, 1.165) is 18.8 Å². The molecule has 5 heteroatoms. The van der Waals surface area contributed by atoms with Crippen LogP contribution in [-0.4, -0.2) is 29.7 Å². The van der Waals surface area contributed by atoms with Gasteiger partial charge in [0.05, 0.1) is 6.61 Å². The lowest BCUT2D eigenvalue weighted by Crippen LogP contribution is -2.26. The molecule has 3 N–H and O–H groups in total. The molecule has 0 aliphatic heterocycles. The fourth-order valence-electron chi connectivity index (χ4n) is 1.66. The largest absolute Gasteiger partial charge is 0.478 e. The zero-order chi connectivity index (χ0) is 13.6. The van der Waals surface area contributed by atoms with Crippen molar-refractivity contribution in [1.29, 1.82) is 0 Å². The third-order valence-electron chi connectivity index (χ3n) is 2.68. The van der Waals surface area contributed by atoms with Gasteiger partial charge in [0.25, 0.3) is 0 Å². The van der Waals surface area contributed by atoms with Gasteiger partial charge in [-0.25, -0.2) is 4.98 Å². The average Bonchev–Trinajstić information content (AvgIpc) is 2.26. The Kier molecular flexibility index (Phi) is 5.34. The average molecular weight is 252 g/mol. The highest BCUT2D eigenvalue weighted by atomic mass is 16.5. The number of aryl methyl sites for hydroxylation is 1. The highest BCUT2D eigenvalue weighted by Gasteiger charge is 2.16. The molecule has 0 radical (unpaired) electrons. The smallest absolute Gasteiger partial charge is 0.218 e. The number of ether oxygens (including phenoxy) is 1. The van der Waals surface area contributed by atoms with E-state index in [1.807, 2.05) is 19.9 Å². The number of anilines is 1. The highest BCUT2D eigenvalue weighted by molar-refractivity contribution is 5.38. The Morgan fingerprint density at radius 1 is 1.39 bits per heavy atom. The Morgan fingerprint density at radius 2 is 2.11 bits per heavy atom. The molecule has 1 aromatic rings. The minimum atomic E-state index is 0.152. The maximum Gasteiger partial charge on any atom is 0.218 e. The fraction of sp³-hybridized carbons (Fsp3) is 0.692. The molecule has 0 amide bonds. The van der Waals surface area contributed by atoms with Crippen LogP contribution in [0.25, 0.3) is 0 Å². The predicted molar refractivity (Wildman–Crippen MR) is 73.9 cm³/mol. The number of nitrogens with one attached hydrogen (secondary N) is 1. The molecule has 1 aromatic heterocycles. The number of hydrogen-bond acceptors (Lipinski definition) is 5. The Morgan fingerprint density at radius 3 is 2.72 bits per heavy atom. The van der Waals surface area contributed by atoms with Gasteiger partial charge >= 0.3 is 0 Å². The van der Waals surface area contributed by atoms with Crippen molar-refractivity contribution in [1.82, 2.24) is 9.97 Å². The Balaban J connectivity index is 2.66. The summed E-state index contributed by atoms with van der Waals surface area (Å²) in [7, 11) is 0. The topological polar surface area (TPSA) is 73.1 Å². The zero-order valence-electron chi connectivity index (χ0n) is 11.8. The van der Waals surface area contributed by atoms with Crippen molar-refractivity contribution in [2.24, 2.45) is 11.1 Å². The van der Waals surface area contributed by atoms with Crippen LogP contribution in [0, 0.1) is 12.3 Å². The summed E-state index contributed by atoms with van der Waals surface area (Å²) < 4.78 is 5.40. The molecule has 0 saturated heterocycles. The van der Waals surface area contributed by atoms with Crippen LogP contribution in [0.4, 0.5) is 5.82 Å². The lowest BCUT2D eigenvalue weighted by Gasteiger charge is -2.24. The molecule has 1 rings (SSSR count). The van der Waals surface area contributed by atoms with Crippen LogP contribution >= 0.6 is 0 Å². The molecular formula is C13H24N4O. The maximum atomic E-state index is 5.60. The fourth-order valence-corrected chi connectivity index (χ4v) is 1.66. The summed E-state index contributed by atoms with van der Waals surface area (Å²) in [6.07, 6.45) is 0.975. The van der Waals surface area contributed by atoms with Gasteiger partial charge in [-0.1, -0.05) is 13.8 Å². The van der Waals surface area contributed by atoms with E-state index in [0.29, 0.717) is 24.9 Å². The van der Waals surface area contributed by atoms with Gasteiger partial charge in [-0.15, -0.1) is 0 Å². The summed E-state index contributed by atoms with van der Waals surface area (Å²) in [4.78, 5) is 8.56. The second-order valence-electron chi connectivity index (χ2n) is 5.13. The first kappa shape index (κ1) is 14.7. The van der Waals surface area contributed by atoms with Crippen LogP contribution in [-0.2, 0) is 0 Å². The van der Waals surface area contributed by atoms with E-state index in [9.17, 15) is 0 Å². The summed E-state index contributed by atoms with van der Waals surface area (Å²) in [5, 5.41) is 3.32. The molecule has 1 heterocycles. The third kappa shape index (κ3) is 4.87. The molecule has 0 unspecified atom stereocenters. The van der Waals surface area contributed by atoms with Crippen molar-refractivity contribution < 1.29 is 4.74 Å². The van der Waals surface area contributed by atoms with Crippen molar-refractivity contribution in [3.05, 3.63) is 11.9 Å². The predicted octanol–water partition coefficient (Wildman–Crippen LogP) is 1.97. The molecule has 0 fully saturated rings. The lowest BCUT2D eigenvalue weighted by molar-refractivity contribution is 0.325. The zero-order valence-corrected chi connectivity index (χ0v) is 11.8. The molecule has 5 nitrogen and oxygen atoms in total. The van der Waals surface area contributed by atoms with E-state index >= 15 is 0 Å². The van der Waals surface area contributed by atoms with Gasteiger partial charge in [0.1, 0.15) is 11.6 Å². The summed E-state index contributed by atoms with van der Waals surface area (Å²) in [6, 6.07) is 1.83. The molecule has 0 bridgehead atoms. The van der Waals surface area contributed by atoms with Crippen LogP contribution in [0.15, 0.2) is 6.07 Å². The van der Waals surface area contributed by atoms with Gasteiger partial charge in [-0.3, -0.25) is 0 Å². The molecule has 0 aliphatic carbocycles. The standard InChI is InChI=1S/C13H24N4O/c1-5-18-12-8-11(16-10(2)17-12)15-9-13(3,4)6-7-14/h8H,5-7,9,14H2,1-4H3,(H,15,16,17). The van der Waals surface area contributed by atoms with E-state index in [4.69, 9.17) is 10.5 Å². The van der Waals surface area contributed by atoms with E-state index in [2.05, 4.69) is 29.1 Å². The first-order valence-electron chi connectivity index (χ1n) is 6.39. The van der Waals surface area contributed by atoms with Crippen LogP contribution in [0.3, 0.4) is 0 Å². The summed E-state index contributed by atoms with van der Waals surface area (Å²) in [6.45, 7) is 10.3. The van der Waals surface area contributed by atoms with Gasteiger partial charge in [0.15, 0.2) is 0 Å². The first-order valence-corrected chi connectivity index (χ1v) is 6.39. The van der Waals surface area contributed by atoms with Gasteiger partial charge in [0.2, 0.25) is 5.88 Å². The van der Waals surface area contributed by atoms with Crippen LogP contribution in [0.2, 0.25) is 0 Å². The van der Waals surface area contributed by atoms with E-state index in [1.54, 1.807) is 0 Å². The van der Waals surface area contributed by atoms with Crippen LogP contribution in [0.1, 0.15) is 33.0 Å². The third-order valence-corrected chi connectivity index (χ3v) is 2.68. The van der Waals surface area contributed by atoms with E-state index in [-0.39, 0.29) is 5.41 Å². The van der Waals surface area contributed by atoms with Crippen molar-refractivity contribution >= 4 is 5.82 Å². The van der Waals surface area contributed by atoms with Gasteiger partial charge in [0, 0.05) is 12.6 Å². The Hall–Kier alpha value is -1.36. The Bertz CT molecular complexity index is 379. The normalized spacial score (nSPS) is 11.4. The minimum absolute atomic E-state index is 0.152. The molecule has 0 aliphatic rings. The minimum Gasteiger partial charge on any atom is -0.478 e. The maximum absolute atomic E-state index is 5.60. The lowest BCUT2D eigenvalue weighted by atomic mass is 9.89. The monoisotopic (exact) mass is 252 g/mol. The number of hydrogen-bond donors (Lipinski definition) is 2. The molecule has 0 saturated carbocycles. The van der Waals surface area contributed by atoms with Crippen molar-refractivity contribution in [3.8, 4) is 5.88 Å². The van der Waals surface area contributed by atoms with Crippen molar-refractivity contribution in [2.45, 2.75) is 34.1 Å². The second-order valence-corrected chi connectivity index (χ2v) is 5.13. The van der Waals surface area contributed by atoms with Crippen LogP contribution in [0.5, 0.6) is 5.88 Å². The van der Waals surface area contributed by atoms with E-state index in [1.165, 1.54) is 0 Å². The van der Waals surface area contributed by atoms with Gasteiger partial charge in [-0.05, 0) is 32.2 Å². The van der Waals surface area contributed by atoms with Crippen molar-refractivity contribution in [3.63, 3.8) is 0 Å². The number of nitrogens with zero attached hydrogens (tertiary/aromatic N) is 2. The quantitative estimate of drug-likeness (QED) is 0.776. The molecule has 0 spiro atoms. The number of nitrogens with two attached hydrogens (primary N) is 1. The SMILES string of the molecule is CCOc1cc(NCC(C)(C)CCN)nc(C)n1. The Labute approximate surface area is 109 Å². The van der Waals surface area contributed by atoms with Gasteiger partial charge < -0.3 is 15.8 Å². The summed E-state index contributed by atoms with van der Waals surface area (Å²) in [5.41, 5.74) is 5.75. The number of aromatic nitrogens is 2. The molecular weight excluding hydrogens is 228 g/mol. The second kappa shape index (κ2) is 6.54. The first-order chi connectivity index (χ1) is 8.46. The molecule has 102 valence electrons. The molecule has 0 atom stereocenters. The molecule has 0 aromatic carbocycles. The van der Waals surface area contributed by atoms with Crippen molar-refractivity contribution in [2.75, 3.05) is 25.0 Å². The number of rotatable bonds is 7. The summed E-state index contributed by atoms with van der Waals surface area (Å²) in [5.74, 6) is 2.13. The molecule has 18 heavy (non-hydrogen) atoms. The van der Waals surface area contributed by atoms with E-state index < -0.39 is 0 Å². The van der Waals surface area contributed by atoms with Crippen LogP contribution < -0.4 is 15.8 Å². The summed E-state index contributed by atoms with van der Waals surface area (Å²) >= 11 is 0. The highest BCUT2D eigenvalue weighted by Crippen LogP contribution is 2.21. The van der Waals surface area contributed by atoms with Gasteiger partial charge in [-0.2, -0.15) is 4.98 Å².